The van der Waals surface area contributed by atoms with Gasteiger partial charge in [-0.25, -0.2) is 0 Å². The van der Waals surface area contributed by atoms with Crippen LogP contribution in [0.15, 0.2) is 12.3 Å². The lowest BCUT2D eigenvalue weighted by molar-refractivity contribution is 0.541. The van der Waals surface area contributed by atoms with Gasteiger partial charge in [0.25, 0.3) is 0 Å². The van der Waals surface area contributed by atoms with Crippen molar-refractivity contribution in [2.24, 2.45) is 0 Å². The molecule has 0 heterocycles. The Bertz CT molecular complexity index is 235. The Balaban J connectivity index is 4.19. The zero-order valence-corrected chi connectivity index (χ0v) is 10.9. The average molecular weight is 231 g/mol. The number of nitrogens with one attached hydrogen (secondary N) is 3. The third-order valence-corrected chi connectivity index (χ3v) is 3.42. The van der Waals surface area contributed by atoms with Gasteiger partial charge in [0.2, 0.25) is 0 Å². The van der Waals surface area contributed by atoms with E-state index >= 15 is 0 Å². The van der Waals surface area contributed by atoms with Crippen LogP contribution in [0.4, 0.5) is 0 Å². The highest BCUT2D eigenvalue weighted by Gasteiger charge is 2.28. The minimum atomic E-state index is -1.14. The molecule has 0 aliphatic rings. The molecule has 0 rings (SSSR count). The van der Waals surface area contributed by atoms with Gasteiger partial charge in [0.1, 0.15) is 4.75 Å². The molecule has 4 nitrogen and oxygen atoms in total. The molecule has 0 saturated carbocycles. The van der Waals surface area contributed by atoms with E-state index in [1.54, 1.807) is 19.3 Å². The quantitative estimate of drug-likeness (QED) is 0.491. The molecular formula is C10H21N3OS. The second kappa shape index (κ2) is 6.15. The first-order valence-electron chi connectivity index (χ1n) is 4.89. The van der Waals surface area contributed by atoms with Gasteiger partial charge in [0.15, 0.2) is 0 Å². The van der Waals surface area contributed by atoms with E-state index in [0.29, 0.717) is 5.71 Å². The molecule has 0 spiro atoms. The van der Waals surface area contributed by atoms with Crippen LogP contribution in [0.25, 0.3) is 0 Å². The zero-order chi connectivity index (χ0) is 12.1. The highest BCUT2D eigenvalue weighted by atomic mass is 32.2. The van der Waals surface area contributed by atoms with Gasteiger partial charge in [-0.2, -0.15) is 0 Å². The van der Waals surface area contributed by atoms with Crippen LogP contribution < -0.4 is 10.0 Å². The van der Waals surface area contributed by atoms with Gasteiger partial charge in [0.05, 0.1) is 11.8 Å². The molecule has 0 aromatic heterocycles. The first-order chi connectivity index (χ1) is 6.79. The Morgan fingerprint density at radius 1 is 1.47 bits per heavy atom. The predicted octanol–water partition coefficient (Wildman–Crippen LogP) is 1.18. The summed E-state index contributed by atoms with van der Waals surface area (Å²) in [4.78, 5) is 0. The predicted molar refractivity (Wildman–Crippen MR) is 66.4 cm³/mol. The van der Waals surface area contributed by atoms with Crippen molar-refractivity contribution in [2.75, 3.05) is 7.05 Å². The van der Waals surface area contributed by atoms with Crippen molar-refractivity contribution in [1.82, 2.24) is 10.0 Å². The van der Waals surface area contributed by atoms with Gasteiger partial charge in [-0.15, -0.1) is 4.72 Å². The summed E-state index contributed by atoms with van der Waals surface area (Å²) in [6, 6.07) is -0.213. The van der Waals surface area contributed by atoms with E-state index in [-0.39, 0.29) is 10.8 Å². The summed E-state index contributed by atoms with van der Waals surface area (Å²) < 4.78 is 14.3. The third-order valence-electron chi connectivity index (χ3n) is 1.74. The highest BCUT2D eigenvalue weighted by molar-refractivity contribution is 7.90. The average Bonchev–Trinajstić information content (AvgIpc) is 2.12. The second-order valence-corrected chi connectivity index (χ2v) is 6.30. The van der Waals surface area contributed by atoms with E-state index < -0.39 is 11.4 Å². The molecule has 0 unspecified atom stereocenters. The van der Waals surface area contributed by atoms with Crippen molar-refractivity contribution in [2.45, 2.75) is 38.5 Å². The minimum Gasteiger partial charge on any atom is -0.598 e. The number of rotatable bonds is 5. The molecule has 2 atom stereocenters. The van der Waals surface area contributed by atoms with Crippen molar-refractivity contribution in [3.8, 4) is 0 Å². The molecule has 0 aliphatic carbocycles. The summed E-state index contributed by atoms with van der Waals surface area (Å²) in [5, 5.41) is 10.5. The summed E-state index contributed by atoms with van der Waals surface area (Å²) in [6.07, 6.45) is 3.33. The molecule has 0 fully saturated rings. The number of hydrogen-bond donors (Lipinski definition) is 3. The van der Waals surface area contributed by atoms with E-state index in [9.17, 15) is 4.55 Å². The van der Waals surface area contributed by atoms with Crippen LogP contribution in [0.5, 0.6) is 0 Å². The lowest BCUT2D eigenvalue weighted by Crippen LogP contribution is -2.46. The molecule has 0 saturated heterocycles. The molecular weight excluding hydrogens is 210 g/mol. The normalized spacial score (nSPS) is 16.4. The van der Waals surface area contributed by atoms with E-state index in [0.717, 1.165) is 0 Å². The molecule has 88 valence electrons. The molecule has 15 heavy (non-hydrogen) atoms. The smallest absolute Gasteiger partial charge is 0.136 e. The van der Waals surface area contributed by atoms with Crippen LogP contribution >= 0.6 is 0 Å². The molecule has 0 bridgehead atoms. The zero-order valence-electron chi connectivity index (χ0n) is 10.0. The van der Waals surface area contributed by atoms with Gasteiger partial charge >= 0.3 is 0 Å². The van der Waals surface area contributed by atoms with Crippen LogP contribution in [0.3, 0.4) is 0 Å². The first kappa shape index (κ1) is 14.5. The molecule has 3 N–H and O–H groups in total. The van der Waals surface area contributed by atoms with Crippen LogP contribution in [-0.2, 0) is 11.4 Å². The lowest BCUT2D eigenvalue weighted by atomic mass is 10.2. The summed E-state index contributed by atoms with van der Waals surface area (Å²) in [5.41, 5.74) is 0.405. The summed E-state index contributed by atoms with van der Waals surface area (Å²) in [6.45, 7) is 7.52. The largest absolute Gasteiger partial charge is 0.598 e. The topological polar surface area (TPSA) is 71.0 Å². The van der Waals surface area contributed by atoms with E-state index in [1.807, 2.05) is 27.7 Å². The van der Waals surface area contributed by atoms with Gasteiger partial charge < -0.3 is 15.3 Å². The van der Waals surface area contributed by atoms with E-state index in [4.69, 9.17) is 5.41 Å². The summed E-state index contributed by atoms with van der Waals surface area (Å²) in [5.74, 6) is 0. The van der Waals surface area contributed by atoms with Crippen molar-refractivity contribution >= 4 is 17.1 Å². The van der Waals surface area contributed by atoms with Gasteiger partial charge in [-0.3, -0.25) is 0 Å². The fourth-order valence-corrected chi connectivity index (χ4v) is 1.52. The monoisotopic (exact) mass is 231 g/mol. The Morgan fingerprint density at radius 2 is 2.00 bits per heavy atom. The fraction of sp³-hybridized carbons (Fsp3) is 0.700. The van der Waals surface area contributed by atoms with E-state index in [1.165, 1.54) is 0 Å². The summed E-state index contributed by atoms with van der Waals surface area (Å²) >= 11 is -1.14. The third kappa shape index (κ3) is 5.81. The Labute approximate surface area is 95.3 Å². The highest BCUT2D eigenvalue weighted by Crippen LogP contribution is 2.13. The maximum absolute atomic E-state index is 11.7. The first-order valence-corrected chi connectivity index (χ1v) is 6.04. The Kier molecular flexibility index (Phi) is 5.93. The van der Waals surface area contributed by atoms with Gasteiger partial charge in [-0.1, -0.05) is 0 Å². The van der Waals surface area contributed by atoms with Crippen LogP contribution in [0.1, 0.15) is 27.7 Å². The minimum absolute atomic E-state index is 0.213. The number of hydrogen-bond acceptors (Lipinski definition) is 4. The molecule has 0 aliphatic heterocycles. The van der Waals surface area contributed by atoms with Crippen molar-refractivity contribution in [1.29, 1.82) is 5.41 Å². The van der Waals surface area contributed by atoms with Crippen molar-refractivity contribution < 1.29 is 4.55 Å². The molecule has 0 amide bonds. The van der Waals surface area contributed by atoms with Crippen molar-refractivity contribution in [3.63, 3.8) is 0 Å². The Morgan fingerprint density at radius 3 is 2.40 bits per heavy atom. The maximum Gasteiger partial charge on any atom is 0.136 e. The van der Waals surface area contributed by atoms with Gasteiger partial charge in [-0.05, 0) is 40.0 Å². The fourth-order valence-electron chi connectivity index (χ4n) is 0.718. The maximum atomic E-state index is 11.7. The van der Waals surface area contributed by atoms with Gasteiger partial charge in [0, 0.05) is 18.4 Å². The van der Waals surface area contributed by atoms with Crippen LogP contribution in [-0.4, -0.2) is 28.1 Å². The van der Waals surface area contributed by atoms with Crippen LogP contribution in [0, 0.1) is 5.41 Å². The SMILES string of the molecule is CN/C=C\C(=N)[C@@H](C)N[S@+]([O-])C(C)(C)C. The summed E-state index contributed by atoms with van der Waals surface area (Å²) in [7, 11) is 1.77. The molecule has 0 aromatic rings. The Hall–Kier alpha value is -0.520. The molecule has 0 aromatic carbocycles. The second-order valence-electron chi connectivity index (χ2n) is 4.30. The van der Waals surface area contributed by atoms with E-state index in [2.05, 4.69) is 10.0 Å². The van der Waals surface area contributed by atoms with Crippen LogP contribution in [0.2, 0.25) is 0 Å². The molecule has 5 heteroatoms. The van der Waals surface area contributed by atoms with Crippen molar-refractivity contribution in [3.05, 3.63) is 12.3 Å². The molecule has 0 radical (unpaired) electrons. The lowest BCUT2D eigenvalue weighted by Gasteiger charge is -2.26. The standard InChI is InChI=1S/C10H21N3OS/c1-8(9(11)6-7-12-5)13-15(14)10(2,3)4/h6-8,11-13H,1-5H3/b7-6-,11-9?/t8-,15-/m1/s1.